The summed E-state index contributed by atoms with van der Waals surface area (Å²) in [4.78, 5) is 4.07. The van der Waals surface area contributed by atoms with Crippen LogP contribution in [0, 0.1) is 18.8 Å². The number of hydrogen-bond acceptors (Lipinski definition) is 2. The van der Waals surface area contributed by atoms with Gasteiger partial charge in [-0.25, -0.2) is 4.39 Å². The van der Waals surface area contributed by atoms with Gasteiger partial charge in [0.2, 0.25) is 0 Å². The van der Waals surface area contributed by atoms with Gasteiger partial charge in [-0.05, 0) is 31.2 Å². The van der Waals surface area contributed by atoms with Crippen molar-refractivity contribution in [3.8, 4) is 11.5 Å². The molecule has 0 spiro atoms. The molecular formula is C12H9FNO. The number of aryl methyl sites for hydroxylation is 1. The fraction of sp³-hybridized carbons (Fsp3) is 0.0833. The summed E-state index contributed by atoms with van der Waals surface area (Å²) in [6.45, 7) is 1.89. The Morgan fingerprint density at radius 2 is 2.13 bits per heavy atom. The van der Waals surface area contributed by atoms with Gasteiger partial charge < -0.3 is 4.74 Å². The maximum atomic E-state index is 12.8. The molecule has 75 valence electrons. The van der Waals surface area contributed by atoms with Crippen LogP contribution in [0.5, 0.6) is 11.5 Å². The van der Waals surface area contributed by atoms with Crippen molar-refractivity contribution in [3.05, 3.63) is 54.1 Å². The Balaban J connectivity index is 2.18. The lowest BCUT2D eigenvalue weighted by Gasteiger charge is -2.04. The van der Waals surface area contributed by atoms with E-state index in [9.17, 15) is 4.39 Å². The van der Waals surface area contributed by atoms with Gasteiger partial charge in [0.1, 0.15) is 17.3 Å². The summed E-state index contributed by atoms with van der Waals surface area (Å²) >= 11 is 0. The van der Waals surface area contributed by atoms with Crippen LogP contribution in [0.3, 0.4) is 0 Å². The van der Waals surface area contributed by atoms with Crippen molar-refractivity contribution >= 4 is 0 Å². The SMILES string of the molecule is Cc1ccc(Oc2cc[c]c(F)c2)cn1. The second-order valence-corrected chi connectivity index (χ2v) is 3.11. The van der Waals surface area contributed by atoms with Crippen molar-refractivity contribution in [2.75, 3.05) is 0 Å². The van der Waals surface area contributed by atoms with E-state index < -0.39 is 5.82 Å². The number of nitrogens with zero attached hydrogens (tertiary/aromatic N) is 1. The maximum Gasteiger partial charge on any atom is 0.145 e. The summed E-state index contributed by atoms with van der Waals surface area (Å²) in [5.41, 5.74) is 0.912. The second kappa shape index (κ2) is 4.09. The normalized spacial score (nSPS) is 10.0. The lowest BCUT2D eigenvalue weighted by molar-refractivity contribution is 0.474. The van der Waals surface area contributed by atoms with Crippen molar-refractivity contribution in [2.24, 2.45) is 0 Å². The molecule has 1 radical (unpaired) electrons. The highest BCUT2D eigenvalue weighted by atomic mass is 19.1. The fourth-order valence-corrected chi connectivity index (χ4v) is 1.13. The van der Waals surface area contributed by atoms with E-state index in [1.165, 1.54) is 12.1 Å². The monoisotopic (exact) mass is 202 g/mol. The minimum Gasteiger partial charge on any atom is -0.456 e. The molecule has 0 fully saturated rings. The van der Waals surface area contributed by atoms with Gasteiger partial charge >= 0.3 is 0 Å². The zero-order valence-corrected chi connectivity index (χ0v) is 8.20. The first-order valence-corrected chi connectivity index (χ1v) is 4.52. The van der Waals surface area contributed by atoms with Crippen LogP contribution in [0.1, 0.15) is 5.69 Å². The van der Waals surface area contributed by atoms with Gasteiger partial charge in [-0.1, -0.05) is 0 Å². The van der Waals surface area contributed by atoms with E-state index >= 15 is 0 Å². The van der Waals surface area contributed by atoms with Gasteiger partial charge in [-0.2, -0.15) is 0 Å². The molecule has 0 aliphatic rings. The molecule has 0 bridgehead atoms. The number of halogens is 1. The molecule has 0 unspecified atom stereocenters. The van der Waals surface area contributed by atoms with E-state index in [0.29, 0.717) is 11.5 Å². The summed E-state index contributed by atoms with van der Waals surface area (Å²) in [7, 11) is 0. The largest absolute Gasteiger partial charge is 0.456 e. The lowest BCUT2D eigenvalue weighted by Crippen LogP contribution is -1.87. The molecule has 0 amide bonds. The Morgan fingerprint density at radius 3 is 2.80 bits per heavy atom. The first-order valence-electron chi connectivity index (χ1n) is 4.52. The standard InChI is InChI=1S/C12H9FNO/c1-9-5-6-12(8-14-9)15-11-4-2-3-10(13)7-11/h2,4-8H,1H3. The number of rotatable bonds is 2. The Morgan fingerprint density at radius 1 is 1.27 bits per heavy atom. The molecule has 1 heterocycles. The number of ether oxygens (including phenoxy) is 1. The van der Waals surface area contributed by atoms with Crippen molar-refractivity contribution in [3.63, 3.8) is 0 Å². The van der Waals surface area contributed by atoms with Crippen LogP contribution in [-0.2, 0) is 0 Å². The van der Waals surface area contributed by atoms with Gasteiger partial charge in [-0.15, -0.1) is 0 Å². The third-order valence-electron chi connectivity index (χ3n) is 1.86. The van der Waals surface area contributed by atoms with E-state index in [0.717, 1.165) is 5.69 Å². The fourth-order valence-electron chi connectivity index (χ4n) is 1.13. The number of pyridine rings is 1. The zero-order valence-electron chi connectivity index (χ0n) is 8.20. The molecule has 0 N–H and O–H groups in total. The van der Waals surface area contributed by atoms with Crippen LogP contribution in [0.15, 0.2) is 36.5 Å². The highest BCUT2D eigenvalue weighted by Gasteiger charge is 1.98. The molecule has 2 rings (SSSR count). The zero-order chi connectivity index (χ0) is 10.7. The Kier molecular flexibility index (Phi) is 2.63. The molecule has 0 aliphatic heterocycles. The van der Waals surface area contributed by atoms with Gasteiger partial charge in [0, 0.05) is 17.8 Å². The van der Waals surface area contributed by atoms with Crippen LogP contribution in [0.2, 0.25) is 0 Å². The molecule has 3 heteroatoms. The van der Waals surface area contributed by atoms with E-state index in [2.05, 4.69) is 11.1 Å². The molecule has 15 heavy (non-hydrogen) atoms. The van der Waals surface area contributed by atoms with E-state index in [4.69, 9.17) is 4.74 Å². The minimum absolute atomic E-state index is 0.437. The summed E-state index contributed by atoms with van der Waals surface area (Å²) < 4.78 is 18.2. The molecular weight excluding hydrogens is 193 g/mol. The molecule has 0 atom stereocenters. The summed E-state index contributed by atoms with van der Waals surface area (Å²) in [6.07, 6.45) is 1.60. The summed E-state index contributed by atoms with van der Waals surface area (Å²) in [6, 6.07) is 10.4. The van der Waals surface area contributed by atoms with Crippen LogP contribution < -0.4 is 4.74 Å². The van der Waals surface area contributed by atoms with Gasteiger partial charge in [-0.3, -0.25) is 4.98 Å². The first-order chi connectivity index (χ1) is 7.24. The van der Waals surface area contributed by atoms with Crippen molar-refractivity contribution in [1.82, 2.24) is 4.98 Å². The molecule has 2 nitrogen and oxygen atoms in total. The minimum atomic E-state index is -0.437. The van der Waals surface area contributed by atoms with Crippen molar-refractivity contribution < 1.29 is 9.13 Å². The Hall–Kier alpha value is -1.90. The molecule has 1 aromatic carbocycles. The highest BCUT2D eigenvalue weighted by molar-refractivity contribution is 5.29. The maximum absolute atomic E-state index is 12.8. The van der Waals surface area contributed by atoms with Gasteiger partial charge in [0.15, 0.2) is 0 Å². The van der Waals surface area contributed by atoms with Crippen LogP contribution in [-0.4, -0.2) is 4.98 Å². The molecule has 0 saturated carbocycles. The van der Waals surface area contributed by atoms with Crippen LogP contribution in [0.4, 0.5) is 4.39 Å². The number of benzene rings is 1. The van der Waals surface area contributed by atoms with E-state index in [-0.39, 0.29) is 0 Å². The van der Waals surface area contributed by atoms with Crippen molar-refractivity contribution in [1.29, 1.82) is 0 Å². The Bertz CT molecular complexity index is 453. The Labute approximate surface area is 87.4 Å². The predicted octanol–water partition coefficient (Wildman–Crippen LogP) is 3.12. The van der Waals surface area contributed by atoms with Crippen molar-refractivity contribution in [2.45, 2.75) is 6.92 Å². The highest BCUT2D eigenvalue weighted by Crippen LogP contribution is 2.20. The average molecular weight is 202 g/mol. The van der Waals surface area contributed by atoms with E-state index in [1.807, 2.05) is 13.0 Å². The molecule has 2 aromatic rings. The smallest absolute Gasteiger partial charge is 0.145 e. The lowest BCUT2D eigenvalue weighted by atomic mass is 10.3. The average Bonchev–Trinajstić information content (AvgIpc) is 2.22. The summed E-state index contributed by atoms with van der Waals surface area (Å²) in [5, 5.41) is 0. The second-order valence-electron chi connectivity index (χ2n) is 3.11. The number of hydrogen-bond donors (Lipinski definition) is 0. The quantitative estimate of drug-likeness (QED) is 0.746. The van der Waals surface area contributed by atoms with Gasteiger partial charge in [0.25, 0.3) is 0 Å². The van der Waals surface area contributed by atoms with Crippen LogP contribution >= 0.6 is 0 Å². The predicted molar refractivity (Wildman–Crippen MR) is 54.3 cm³/mol. The van der Waals surface area contributed by atoms with Gasteiger partial charge in [0.05, 0.1) is 6.20 Å². The molecule has 0 aliphatic carbocycles. The third-order valence-corrected chi connectivity index (χ3v) is 1.86. The first kappa shape index (κ1) is 9.65. The third kappa shape index (κ3) is 2.53. The molecule has 0 saturated heterocycles. The van der Waals surface area contributed by atoms with Crippen LogP contribution in [0.25, 0.3) is 0 Å². The summed E-state index contributed by atoms with van der Waals surface area (Å²) in [5.74, 6) is 0.593. The topological polar surface area (TPSA) is 22.1 Å². The van der Waals surface area contributed by atoms with E-state index in [1.54, 1.807) is 18.3 Å². The number of aromatic nitrogens is 1. The molecule has 1 aromatic heterocycles.